The molecular weight excluding hydrogens is 225 g/mol. The number of hydrogen-bond acceptors (Lipinski definition) is 1. The molecule has 102 valence electrons. The molecule has 0 saturated heterocycles. The predicted octanol–water partition coefficient (Wildman–Crippen LogP) is 4.38. The Kier molecular flexibility index (Phi) is 6.34. The van der Waals surface area contributed by atoms with Gasteiger partial charge in [-0.2, -0.15) is 0 Å². The normalized spacial score (nSPS) is 11.8. The highest BCUT2D eigenvalue weighted by molar-refractivity contribution is 5.15. The van der Waals surface area contributed by atoms with Crippen molar-refractivity contribution < 1.29 is 4.39 Å². The van der Waals surface area contributed by atoms with E-state index in [-0.39, 0.29) is 5.82 Å². The molecule has 0 amide bonds. The van der Waals surface area contributed by atoms with Gasteiger partial charge in [-0.15, -0.1) is 0 Å². The Labute approximate surface area is 111 Å². The molecule has 18 heavy (non-hydrogen) atoms. The molecule has 1 aromatic carbocycles. The fraction of sp³-hybridized carbons (Fsp3) is 0.625. The lowest BCUT2D eigenvalue weighted by atomic mass is 9.95. The fourth-order valence-electron chi connectivity index (χ4n) is 2.27. The summed E-state index contributed by atoms with van der Waals surface area (Å²) in [6, 6.07) is 7.30. The third kappa shape index (κ3) is 6.15. The summed E-state index contributed by atoms with van der Waals surface area (Å²) >= 11 is 0. The Hall–Kier alpha value is -0.890. The van der Waals surface area contributed by atoms with Crippen LogP contribution in [-0.4, -0.2) is 6.04 Å². The quantitative estimate of drug-likeness (QED) is 0.758. The molecule has 1 N–H and O–H groups in total. The van der Waals surface area contributed by atoms with E-state index >= 15 is 0 Å². The second kappa shape index (κ2) is 7.52. The zero-order chi connectivity index (χ0) is 13.5. The van der Waals surface area contributed by atoms with E-state index in [0.717, 1.165) is 12.1 Å². The molecule has 0 bridgehead atoms. The monoisotopic (exact) mass is 251 g/mol. The number of hydrogen-bond donors (Lipinski definition) is 1. The van der Waals surface area contributed by atoms with Crippen molar-refractivity contribution >= 4 is 0 Å². The van der Waals surface area contributed by atoms with Crippen LogP contribution in [0.4, 0.5) is 4.39 Å². The van der Waals surface area contributed by atoms with Gasteiger partial charge in [0.15, 0.2) is 0 Å². The van der Waals surface area contributed by atoms with E-state index < -0.39 is 0 Å². The highest BCUT2D eigenvalue weighted by Gasteiger charge is 2.12. The van der Waals surface area contributed by atoms with Gasteiger partial charge in [0.2, 0.25) is 0 Å². The predicted molar refractivity (Wildman–Crippen MR) is 75.9 cm³/mol. The van der Waals surface area contributed by atoms with E-state index in [0.29, 0.717) is 17.9 Å². The van der Waals surface area contributed by atoms with Crippen LogP contribution in [0.15, 0.2) is 24.3 Å². The molecule has 0 aliphatic rings. The summed E-state index contributed by atoms with van der Waals surface area (Å²) in [5, 5.41) is 3.60. The van der Waals surface area contributed by atoms with Crippen molar-refractivity contribution in [1.82, 2.24) is 5.32 Å². The van der Waals surface area contributed by atoms with Crippen molar-refractivity contribution in [3.8, 4) is 0 Å². The number of nitrogens with one attached hydrogen (secondary N) is 1. The first-order chi connectivity index (χ1) is 8.47. The van der Waals surface area contributed by atoms with Gasteiger partial charge in [-0.25, -0.2) is 4.39 Å². The average Bonchev–Trinajstić information content (AvgIpc) is 2.26. The molecule has 1 nitrogen and oxygen atoms in total. The molecule has 0 aliphatic carbocycles. The van der Waals surface area contributed by atoms with Crippen LogP contribution in [0.5, 0.6) is 0 Å². The molecule has 2 heteroatoms. The van der Waals surface area contributed by atoms with Crippen LogP contribution in [0, 0.1) is 17.7 Å². The molecule has 0 heterocycles. The molecule has 0 fully saturated rings. The first kappa shape index (κ1) is 15.2. The average molecular weight is 251 g/mol. The molecular formula is C16H26FN. The molecule has 0 unspecified atom stereocenters. The Morgan fingerprint density at radius 1 is 0.944 bits per heavy atom. The molecule has 0 radical (unpaired) electrons. The zero-order valence-electron chi connectivity index (χ0n) is 12.0. The van der Waals surface area contributed by atoms with Gasteiger partial charge in [-0.3, -0.25) is 0 Å². The van der Waals surface area contributed by atoms with E-state index in [9.17, 15) is 4.39 Å². The molecule has 0 aromatic heterocycles. The van der Waals surface area contributed by atoms with Crippen LogP contribution in [0.1, 0.15) is 46.1 Å². The Bertz CT molecular complexity index is 319. The summed E-state index contributed by atoms with van der Waals surface area (Å²) < 4.78 is 12.8. The van der Waals surface area contributed by atoms with E-state index in [1.165, 1.54) is 25.0 Å². The zero-order valence-corrected chi connectivity index (χ0v) is 12.0. The third-order valence-corrected chi connectivity index (χ3v) is 3.02. The summed E-state index contributed by atoms with van der Waals surface area (Å²) in [5.74, 6) is 1.24. The van der Waals surface area contributed by atoms with Gasteiger partial charge in [0.05, 0.1) is 0 Å². The summed E-state index contributed by atoms with van der Waals surface area (Å²) in [6.45, 7) is 9.85. The van der Waals surface area contributed by atoms with Crippen molar-refractivity contribution in [3.63, 3.8) is 0 Å². The van der Waals surface area contributed by atoms with Crippen molar-refractivity contribution in [2.45, 2.75) is 53.1 Å². The topological polar surface area (TPSA) is 12.0 Å². The second-order valence-corrected chi connectivity index (χ2v) is 5.96. The number of halogens is 1. The SMILES string of the molecule is CC(C)CC(CC(C)C)NCc1ccc(F)cc1. The van der Waals surface area contributed by atoms with Crippen molar-refractivity contribution in [2.75, 3.05) is 0 Å². The molecule has 1 aromatic rings. The standard InChI is InChI=1S/C16H26FN/c1-12(2)9-16(10-13(3)4)18-11-14-5-7-15(17)8-6-14/h5-8,12-13,16,18H,9-11H2,1-4H3. The van der Waals surface area contributed by atoms with Crippen LogP contribution >= 0.6 is 0 Å². The Morgan fingerprint density at radius 3 is 1.89 bits per heavy atom. The molecule has 0 saturated carbocycles. The molecule has 0 spiro atoms. The lowest BCUT2D eigenvalue weighted by Gasteiger charge is -2.22. The smallest absolute Gasteiger partial charge is 0.123 e. The van der Waals surface area contributed by atoms with Gasteiger partial charge in [0, 0.05) is 12.6 Å². The summed E-state index contributed by atoms with van der Waals surface area (Å²) in [7, 11) is 0. The highest BCUT2D eigenvalue weighted by atomic mass is 19.1. The third-order valence-electron chi connectivity index (χ3n) is 3.02. The maximum absolute atomic E-state index is 12.8. The maximum Gasteiger partial charge on any atom is 0.123 e. The Balaban J connectivity index is 2.47. The lowest BCUT2D eigenvalue weighted by Crippen LogP contribution is -2.31. The van der Waals surface area contributed by atoms with Gasteiger partial charge in [-0.1, -0.05) is 39.8 Å². The first-order valence-electron chi connectivity index (χ1n) is 6.95. The minimum atomic E-state index is -0.167. The van der Waals surface area contributed by atoms with E-state index in [1.54, 1.807) is 0 Å². The maximum atomic E-state index is 12.8. The van der Waals surface area contributed by atoms with Gasteiger partial charge in [0.25, 0.3) is 0 Å². The Morgan fingerprint density at radius 2 is 1.44 bits per heavy atom. The van der Waals surface area contributed by atoms with E-state index in [2.05, 4.69) is 33.0 Å². The number of benzene rings is 1. The summed E-state index contributed by atoms with van der Waals surface area (Å²) in [5.41, 5.74) is 1.15. The molecule has 0 aliphatic heterocycles. The van der Waals surface area contributed by atoms with Crippen LogP contribution in [0.2, 0.25) is 0 Å². The van der Waals surface area contributed by atoms with Crippen molar-refractivity contribution in [1.29, 1.82) is 0 Å². The largest absolute Gasteiger partial charge is 0.310 e. The van der Waals surface area contributed by atoms with Crippen LogP contribution < -0.4 is 5.32 Å². The van der Waals surface area contributed by atoms with Gasteiger partial charge >= 0.3 is 0 Å². The van der Waals surface area contributed by atoms with Crippen LogP contribution in [0.3, 0.4) is 0 Å². The highest BCUT2D eigenvalue weighted by Crippen LogP contribution is 2.14. The van der Waals surface area contributed by atoms with Gasteiger partial charge in [0.1, 0.15) is 5.82 Å². The first-order valence-corrected chi connectivity index (χ1v) is 6.95. The summed E-state index contributed by atoms with van der Waals surface area (Å²) in [6.07, 6.45) is 2.39. The van der Waals surface area contributed by atoms with Crippen molar-refractivity contribution in [2.24, 2.45) is 11.8 Å². The fourth-order valence-corrected chi connectivity index (χ4v) is 2.27. The van der Waals surface area contributed by atoms with Crippen LogP contribution in [-0.2, 0) is 6.54 Å². The van der Waals surface area contributed by atoms with Gasteiger partial charge < -0.3 is 5.32 Å². The summed E-state index contributed by atoms with van der Waals surface area (Å²) in [4.78, 5) is 0. The van der Waals surface area contributed by atoms with Gasteiger partial charge in [-0.05, 0) is 42.4 Å². The second-order valence-electron chi connectivity index (χ2n) is 5.96. The van der Waals surface area contributed by atoms with E-state index in [1.807, 2.05) is 12.1 Å². The molecule has 1 rings (SSSR count). The lowest BCUT2D eigenvalue weighted by molar-refractivity contribution is 0.358. The minimum absolute atomic E-state index is 0.167. The molecule has 0 atom stereocenters. The van der Waals surface area contributed by atoms with Crippen LogP contribution in [0.25, 0.3) is 0 Å². The number of rotatable bonds is 7. The van der Waals surface area contributed by atoms with Crippen molar-refractivity contribution in [3.05, 3.63) is 35.6 Å². The minimum Gasteiger partial charge on any atom is -0.310 e. The van der Waals surface area contributed by atoms with E-state index in [4.69, 9.17) is 0 Å².